The Morgan fingerprint density at radius 3 is 2.00 bits per heavy atom. The lowest BCUT2D eigenvalue weighted by Crippen LogP contribution is -2.49. The molecule has 2 N–H and O–H groups in total. The molecular formula is C24H28N6O2. The quantitative estimate of drug-likeness (QED) is 0.490. The lowest BCUT2D eigenvalue weighted by molar-refractivity contribution is 0.214. The summed E-state index contributed by atoms with van der Waals surface area (Å²) in [4.78, 5) is 18.1. The molecule has 2 heterocycles. The largest absolute Gasteiger partial charge is 0.497 e. The smallest absolute Gasteiger partial charge is 0.253 e. The maximum absolute atomic E-state index is 6.28. The summed E-state index contributed by atoms with van der Waals surface area (Å²) in [7, 11) is 5.40. The van der Waals surface area contributed by atoms with Crippen molar-refractivity contribution < 1.29 is 9.47 Å². The molecule has 32 heavy (non-hydrogen) atoms. The third kappa shape index (κ3) is 4.81. The van der Waals surface area contributed by atoms with Gasteiger partial charge in [-0.25, -0.2) is 9.97 Å². The lowest BCUT2D eigenvalue weighted by Gasteiger charge is -2.32. The number of aromatic nitrogens is 2. The Morgan fingerprint density at radius 1 is 0.875 bits per heavy atom. The van der Waals surface area contributed by atoms with Crippen LogP contribution in [0.15, 0.2) is 59.7 Å². The van der Waals surface area contributed by atoms with Gasteiger partial charge in [0.15, 0.2) is 5.96 Å². The van der Waals surface area contributed by atoms with E-state index in [0.717, 1.165) is 60.1 Å². The molecule has 0 aliphatic carbocycles. The number of likely N-dealkylation sites (N-methyl/N-ethyl adjacent to an activating group) is 1. The SMILES string of the molecule is COc1ccc(-c2cnc(/N=C(\N)N3CCN(C)CC3)nc2-c2ccc(OC)cc2)cc1. The number of aliphatic imine (C=N–C) groups is 1. The number of ether oxygens (including phenoxy) is 2. The second-order valence-electron chi connectivity index (χ2n) is 7.65. The molecule has 1 aliphatic heterocycles. The van der Waals surface area contributed by atoms with Crippen molar-refractivity contribution in [3.8, 4) is 33.9 Å². The van der Waals surface area contributed by atoms with Crippen LogP contribution in [0.25, 0.3) is 22.4 Å². The van der Waals surface area contributed by atoms with E-state index in [2.05, 4.69) is 26.8 Å². The number of hydrogen-bond donors (Lipinski definition) is 1. The lowest BCUT2D eigenvalue weighted by atomic mass is 10.0. The number of nitrogens with two attached hydrogens (primary N) is 1. The average molecular weight is 433 g/mol. The topological polar surface area (TPSA) is 89.1 Å². The Balaban J connectivity index is 1.72. The fraction of sp³-hybridized carbons (Fsp3) is 0.292. The number of rotatable bonds is 5. The van der Waals surface area contributed by atoms with Gasteiger partial charge in [-0.15, -0.1) is 0 Å². The van der Waals surface area contributed by atoms with Gasteiger partial charge in [0.2, 0.25) is 0 Å². The van der Waals surface area contributed by atoms with Gasteiger partial charge in [-0.1, -0.05) is 12.1 Å². The standard InChI is InChI=1S/C24H28N6O2/c1-29-12-14-30(15-13-29)23(25)28-24-26-16-21(17-4-8-19(31-2)9-5-17)22(27-24)18-6-10-20(32-3)11-7-18/h4-11,16H,12-15H2,1-3H3,(H2,25,26,27,28). The molecule has 0 amide bonds. The highest BCUT2D eigenvalue weighted by Gasteiger charge is 2.17. The van der Waals surface area contributed by atoms with Crippen molar-refractivity contribution in [2.24, 2.45) is 10.7 Å². The van der Waals surface area contributed by atoms with Gasteiger partial charge in [0.05, 0.1) is 19.9 Å². The van der Waals surface area contributed by atoms with Crippen LogP contribution >= 0.6 is 0 Å². The summed E-state index contributed by atoms with van der Waals surface area (Å²) < 4.78 is 10.6. The average Bonchev–Trinajstić information content (AvgIpc) is 2.84. The minimum Gasteiger partial charge on any atom is -0.497 e. The first-order valence-corrected chi connectivity index (χ1v) is 10.5. The van der Waals surface area contributed by atoms with Gasteiger partial charge in [-0.05, 0) is 49.0 Å². The zero-order valence-corrected chi connectivity index (χ0v) is 18.7. The van der Waals surface area contributed by atoms with Crippen LogP contribution in [0.2, 0.25) is 0 Å². The Bertz CT molecular complexity index is 1070. The minimum absolute atomic E-state index is 0.338. The molecule has 1 aromatic heterocycles. The molecule has 0 spiro atoms. The van der Waals surface area contributed by atoms with Crippen LogP contribution in [0, 0.1) is 0 Å². The van der Waals surface area contributed by atoms with E-state index in [9.17, 15) is 0 Å². The molecule has 2 aromatic carbocycles. The van der Waals surface area contributed by atoms with Crippen molar-refractivity contribution >= 4 is 11.9 Å². The Labute approximate surface area is 188 Å². The first-order chi connectivity index (χ1) is 15.6. The van der Waals surface area contributed by atoms with E-state index in [4.69, 9.17) is 20.2 Å². The van der Waals surface area contributed by atoms with Crippen molar-refractivity contribution in [1.82, 2.24) is 19.8 Å². The molecule has 8 nitrogen and oxygen atoms in total. The molecule has 0 atom stereocenters. The van der Waals surface area contributed by atoms with Gasteiger partial charge < -0.3 is 25.0 Å². The highest BCUT2D eigenvalue weighted by atomic mass is 16.5. The molecular weight excluding hydrogens is 404 g/mol. The van der Waals surface area contributed by atoms with Crippen LogP contribution in [0.1, 0.15) is 0 Å². The highest BCUT2D eigenvalue weighted by Crippen LogP contribution is 2.33. The predicted octanol–water partition coefficient (Wildman–Crippen LogP) is 3.02. The fourth-order valence-corrected chi connectivity index (χ4v) is 3.59. The van der Waals surface area contributed by atoms with E-state index in [1.807, 2.05) is 48.5 Å². The van der Waals surface area contributed by atoms with E-state index in [1.165, 1.54) is 0 Å². The monoisotopic (exact) mass is 432 g/mol. The third-order valence-electron chi connectivity index (χ3n) is 5.58. The summed E-state index contributed by atoms with van der Waals surface area (Å²) in [5.74, 6) is 2.36. The van der Waals surface area contributed by atoms with E-state index in [-0.39, 0.29) is 0 Å². The first kappa shape index (κ1) is 21.6. The van der Waals surface area contributed by atoms with E-state index >= 15 is 0 Å². The van der Waals surface area contributed by atoms with Crippen LogP contribution in [0.5, 0.6) is 11.5 Å². The van der Waals surface area contributed by atoms with Crippen LogP contribution in [-0.2, 0) is 0 Å². The zero-order chi connectivity index (χ0) is 22.5. The molecule has 8 heteroatoms. The minimum atomic E-state index is 0.338. The highest BCUT2D eigenvalue weighted by molar-refractivity contribution is 5.83. The van der Waals surface area contributed by atoms with Gasteiger partial charge >= 0.3 is 0 Å². The molecule has 166 valence electrons. The summed E-state index contributed by atoms with van der Waals surface area (Å²) in [5, 5.41) is 0. The summed E-state index contributed by atoms with van der Waals surface area (Å²) in [6, 6.07) is 15.6. The van der Waals surface area contributed by atoms with Crippen molar-refractivity contribution in [2.45, 2.75) is 0 Å². The summed E-state index contributed by atoms with van der Waals surface area (Å²) >= 11 is 0. The fourth-order valence-electron chi connectivity index (χ4n) is 3.59. The molecule has 0 bridgehead atoms. The number of methoxy groups -OCH3 is 2. The Hall–Kier alpha value is -3.65. The normalized spacial score (nSPS) is 15.0. The van der Waals surface area contributed by atoms with Gasteiger partial charge in [-0.3, -0.25) is 0 Å². The zero-order valence-electron chi connectivity index (χ0n) is 18.7. The Morgan fingerprint density at radius 2 is 1.44 bits per heavy atom. The van der Waals surface area contributed by atoms with Crippen LogP contribution in [-0.4, -0.2) is 73.2 Å². The number of benzene rings is 2. The molecule has 3 aromatic rings. The second-order valence-corrected chi connectivity index (χ2v) is 7.65. The summed E-state index contributed by atoms with van der Waals surface area (Å²) in [6.07, 6.45) is 1.80. The van der Waals surface area contributed by atoms with E-state index < -0.39 is 0 Å². The maximum atomic E-state index is 6.28. The van der Waals surface area contributed by atoms with E-state index in [1.54, 1.807) is 20.4 Å². The molecule has 4 rings (SSSR count). The van der Waals surface area contributed by atoms with Crippen LogP contribution in [0.3, 0.4) is 0 Å². The number of hydrogen-bond acceptors (Lipinski definition) is 6. The van der Waals surface area contributed by atoms with Crippen molar-refractivity contribution in [3.63, 3.8) is 0 Å². The van der Waals surface area contributed by atoms with Crippen molar-refractivity contribution in [3.05, 3.63) is 54.7 Å². The van der Waals surface area contributed by atoms with Crippen molar-refractivity contribution in [1.29, 1.82) is 0 Å². The predicted molar refractivity (Wildman–Crippen MR) is 126 cm³/mol. The number of guanidine groups is 1. The second kappa shape index (κ2) is 9.65. The molecule has 1 fully saturated rings. The molecule has 0 unspecified atom stereocenters. The Kier molecular flexibility index (Phi) is 6.51. The maximum Gasteiger partial charge on any atom is 0.253 e. The summed E-state index contributed by atoms with van der Waals surface area (Å²) in [5.41, 5.74) is 9.88. The molecule has 0 saturated carbocycles. The van der Waals surface area contributed by atoms with Gasteiger partial charge in [0.1, 0.15) is 11.5 Å². The summed E-state index contributed by atoms with van der Waals surface area (Å²) in [6.45, 7) is 3.57. The van der Waals surface area contributed by atoms with E-state index in [0.29, 0.717) is 11.9 Å². The molecule has 1 aliphatic rings. The van der Waals surface area contributed by atoms with Gasteiger partial charge in [0, 0.05) is 43.5 Å². The van der Waals surface area contributed by atoms with Gasteiger partial charge in [-0.2, -0.15) is 4.99 Å². The van der Waals surface area contributed by atoms with Crippen molar-refractivity contribution in [2.75, 3.05) is 47.4 Å². The van der Waals surface area contributed by atoms with Crippen LogP contribution in [0.4, 0.5) is 5.95 Å². The molecule has 1 saturated heterocycles. The number of nitrogens with zero attached hydrogens (tertiary/aromatic N) is 5. The van der Waals surface area contributed by atoms with Crippen LogP contribution < -0.4 is 15.2 Å². The van der Waals surface area contributed by atoms with Gasteiger partial charge in [0.25, 0.3) is 5.95 Å². The number of piperazine rings is 1. The molecule has 0 radical (unpaired) electrons. The first-order valence-electron chi connectivity index (χ1n) is 10.5. The third-order valence-corrected chi connectivity index (χ3v) is 5.58.